The van der Waals surface area contributed by atoms with Crippen molar-refractivity contribution in [3.63, 3.8) is 0 Å². The van der Waals surface area contributed by atoms with E-state index in [1.54, 1.807) is 77.9 Å². The number of esters is 1. The standard InChI is InChI=1S/C39H56N6O11/c1-22(40)34(48)45(9)31-25-12-14-30(54-18-16-42-37(51)56-39(6,7)8)27(21-25)26-19-24(11-13-29(26)53-17-15-41-36(50)55-38(3,4)5)20-28(35(49)52-10)44-32(46)23(2)43-33(31)47/h11-14,19,21-23,28,31H,15-18,20,40H2,1-10H3,(H,41,50)(H,42,51)(H,43,47)(H,44,46)/t22-,23-,28-,31-/m0/s1. The van der Waals surface area contributed by atoms with Crippen LogP contribution in [0.2, 0.25) is 0 Å². The predicted molar refractivity (Wildman–Crippen MR) is 206 cm³/mol. The normalized spacial score (nSPS) is 17.8. The van der Waals surface area contributed by atoms with Gasteiger partial charge in [0, 0.05) is 24.6 Å². The molecule has 0 unspecified atom stereocenters. The Kier molecular flexibility index (Phi) is 15.5. The molecule has 0 saturated heterocycles. The van der Waals surface area contributed by atoms with Gasteiger partial charge in [-0.2, -0.15) is 0 Å². The van der Waals surface area contributed by atoms with Gasteiger partial charge in [0.05, 0.1) is 26.2 Å². The molecule has 56 heavy (non-hydrogen) atoms. The minimum absolute atomic E-state index is 0.00221. The van der Waals surface area contributed by atoms with Gasteiger partial charge in [-0.15, -0.1) is 0 Å². The number of carbonyl (C=O) groups is 6. The molecule has 0 fully saturated rings. The highest BCUT2D eigenvalue weighted by atomic mass is 16.6. The number of rotatable bonds is 11. The summed E-state index contributed by atoms with van der Waals surface area (Å²) in [6, 6.07) is 5.48. The van der Waals surface area contributed by atoms with Crippen molar-refractivity contribution in [1.82, 2.24) is 26.2 Å². The zero-order chi connectivity index (χ0) is 42.0. The molecule has 3 rings (SSSR count). The summed E-state index contributed by atoms with van der Waals surface area (Å²) in [4.78, 5) is 79.4. The Labute approximate surface area is 327 Å². The van der Waals surface area contributed by atoms with Gasteiger partial charge in [-0.1, -0.05) is 12.1 Å². The number of nitrogens with two attached hydrogens (primary N) is 1. The summed E-state index contributed by atoms with van der Waals surface area (Å²) in [6.45, 7) is 13.6. The number of amides is 5. The molecular weight excluding hydrogens is 728 g/mol. The summed E-state index contributed by atoms with van der Waals surface area (Å²) >= 11 is 0. The lowest BCUT2D eigenvalue weighted by atomic mass is 9.93. The number of methoxy groups -OCH3 is 1. The number of nitrogens with zero attached hydrogens (tertiary/aromatic N) is 1. The minimum Gasteiger partial charge on any atom is -0.491 e. The Morgan fingerprint density at radius 1 is 0.839 bits per heavy atom. The molecule has 0 spiro atoms. The summed E-state index contributed by atoms with van der Waals surface area (Å²) in [5.41, 5.74) is 6.34. The highest BCUT2D eigenvalue weighted by Crippen LogP contribution is 2.40. The van der Waals surface area contributed by atoms with Gasteiger partial charge in [-0.3, -0.25) is 14.4 Å². The molecule has 0 saturated carbocycles. The van der Waals surface area contributed by atoms with E-state index < -0.39 is 71.2 Å². The van der Waals surface area contributed by atoms with Crippen molar-refractivity contribution in [2.75, 3.05) is 40.5 Å². The number of fused-ring (bicyclic) bond motifs is 5. The number of hydrogen-bond donors (Lipinski definition) is 5. The Hall–Kier alpha value is -5.58. The first-order valence-corrected chi connectivity index (χ1v) is 18.3. The molecule has 5 amide bonds. The average molecular weight is 785 g/mol. The fourth-order valence-electron chi connectivity index (χ4n) is 5.58. The fraction of sp³-hybridized carbons (Fsp3) is 0.538. The predicted octanol–water partition coefficient (Wildman–Crippen LogP) is 2.73. The summed E-state index contributed by atoms with van der Waals surface area (Å²) in [6.07, 6.45) is -1.25. The molecule has 4 bridgehead atoms. The van der Waals surface area contributed by atoms with Crippen molar-refractivity contribution in [2.24, 2.45) is 5.73 Å². The van der Waals surface area contributed by atoms with Crippen LogP contribution in [-0.4, -0.2) is 111 Å². The summed E-state index contributed by atoms with van der Waals surface area (Å²) < 4.78 is 28.0. The van der Waals surface area contributed by atoms with Crippen LogP contribution >= 0.6 is 0 Å². The van der Waals surface area contributed by atoms with Crippen LogP contribution in [0.25, 0.3) is 11.1 Å². The zero-order valence-corrected chi connectivity index (χ0v) is 33.8. The monoisotopic (exact) mass is 784 g/mol. The Morgan fingerprint density at radius 3 is 1.86 bits per heavy atom. The number of ether oxygens (including phenoxy) is 5. The first-order chi connectivity index (χ1) is 26.1. The molecular formula is C39H56N6O11. The molecule has 1 aliphatic rings. The zero-order valence-electron chi connectivity index (χ0n) is 33.8. The molecule has 2 aromatic rings. The van der Waals surface area contributed by atoms with Gasteiger partial charge in [0.2, 0.25) is 17.7 Å². The molecule has 0 aromatic heterocycles. The third-order valence-corrected chi connectivity index (χ3v) is 8.08. The van der Waals surface area contributed by atoms with Crippen molar-refractivity contribution in [3.8, 4) is 22.6 Å². The molecule has 1 heterocycles. The molecule has 17 nitrogen and oxygen atoms in total. The Bertz CT molecular complexity index is 1750. The van der Waals surface area contributed by atoms with Crippen molar-refractivity contribution in [3.05, 3.63) is 47.5 Å². The van der Waals surface area contributed by atoms with Gasteiger partial charge in [-0.05, 0) is 90.8 Å². The van der Waals surface area contributed by atoms with Gasteiger partial charge in [0.1, 0.15) is 54.0 Å². The fourth-order valence-corrected chi connectivity index (χ4v) is 5.58. The van der Waals surface area contributed by atoms with Crippen molar-refractivity contribution in [2.45, 2.75) is 97.2 Å². The van der Waals surface area contributed by atoms with Crippen molar-refractivity contribution < 1.29 is 52.5 Å². The highest BCUT2D eigenvalue weighted by molar-refractivity contribution is 5.95. The van der Waals surface area contributed by atoms with Crippen molar-refractivity contribution >= 4 is 35.9 Å². The molecule has 4 atom stereocenters. The quantitative estimate of drug-likeness (QED) is 0.126. The Balaban J connectivity index is 2.20. The first-order valence-electron chi connectivity index (χ1n) is 18.3. The van der Waals surface area contributed by atoms with E-state index in [0.717, 1.165) is 0 Å². The molecule has 0 radical (unpaired) electrons. The average Bonchev–Trinajstić information content (AvgIpc) is 3.09. The van der Waals surface area contributed by atoms with E-state index >= 15 is 0 Å². The number of benzene rings is 2. The summed E-state index contributed by atoms with van der Waals surface area (Å²) in [5.74, 6) is -1.99. The van der Waals surface area contributed by atoms with Crippen LogP contribution in [0, 0.1) is 0 Å². The van der Waals surface area contributed by atoms with Crippen LogP contribution in [0.4, 0.5) is 9.59 Å². The van der Waals surface area contributed by atoms with E-state index in [2.05, 4.69) is 21.3 Å². The third kappa shape index (κ3) is 13.3. The summed E-state index contributed by atoms with van der Waals surface area (Å²) in [7, 11) is 2.62. The molecule has 6 N–H and O–H groups in total. The lowest BCUT2D eigenvalue weighted by molar-refractivity contribution is -0.145. The van der Waals surface area contributed by atoms with Crippen LogP contribution in [0.15, 0.2) is 36.4 Å². The number of carbonyl (C=O) groups excluding carboxylic acids is 6. The van der Waals surface area contributed by atoms with E-state index in [-0.39, 0.29) is 32.7 Å². The lowest BCUT2D eigenvalue weighted by Crippen LogP contribution is -2.54. The topological polar surface area (TPSA) is 226 Å². The highest BCUT2D eigenvalue weighted by Gasteiger charge is 2.34. The van der Waals surface area contributed by atoms with E-state index in [9.17, 15) is 28.8 Å². The molecule has 2 aromatic carbocycles. The van der Waals surface area contributed by atoms with Crippen LogP contribution < -0.4 is 36.5 Å². The van der Waals surface area contributed by atoms with Gasteiger partial charge >= 0.3 is 18.2 Å². The van der Waals surface area contributed by atoms with Gasteiger partial charge in [0.15, 0.2) is 0 Å². The molecule has 1 aliphatic heterocycles. The van der Waals surface area contributed by atoms with Gasteiger partial charge in [0.25, 0.3) is 0 Å². The van der Waals surface area contributed by atoms with Gasteiger partial charge < -0.3 is 55.6 Å². The van der Waals surface area contributed by atoms with E-state index in [4.69, 9.17) is 29.4 Å². The lowest BCUT2D eigenvalue weighted by Gasteiger charge is -2.31. The Morgan fingerprint density at radius 2 is 1.36 bits per heavy atom. The van der Waals surface area contributed by atoms with Crippen LogP contribution in [0.5, 0.6) is 11.5 Å². The number of likely N-dealkylation sites (N-methyl/N-ethyl adjacent to an activating group) is 1. The van der Waals surface area contributed by atoms with E-state index in [1.165, 1.54) is 32.9 Å². The van der Waals surface area contributed by atoms with Crippen LogP contribution in [-0.2, 0) is 39.8 Å². The maximum absolute atomic E-state index is 14.0. The van der Waals surface area contributed by atoms with Gasteiger partial charge in [-0.25, -0.2) is 14.4 Å². The first kappa shape index (κ1) is 44.8. The second kappa shape index (κ2) is 19.3. The smallest absolute Gasteiger partial charge is 0.407 e. The molecule has 0 aliphatic carbocycles. The molecule has 308 valence electrons. The van der Waals surface area contributed by atoms with E-state index in [1.807, 2.05) is 0 Å². The molecule has 17 heteroatoms. The number of nitrogens with one attached hydrogen (secondary N) is 4. The third-order valence-electron chi connectivity index (χ3n) is 8.08. The van der Waals surface area contributed by atoms with E-state index in [0.29, 0.717) is 33.8 Å². The van der Waals surface area contributed by atoms with Crippen molar-refractivity contribution in [1.29, 1.82) is 0 Å². The number of hydrogen-bond acceptors (Lipinski definition) is 12. The second-order valence-electron chi connectivity index (χ2n) is 15.3. The maximum atomic E-state index is 14.0. The largest absolute Gasteiger partial charge is 0.491 e. The number of alkyl carbamates (subject to hydrolysis) is 2. The summed E-state index contributed by atoms with van der Waals surface area (Å²) in [5, 5.41) is 10.6. The maximum Gasteiger partial charge on any atom is 0.407 e. The van der Waals surface area contributed by atoms with Crippen LogP contribution in [0.1, 0.15) is 72.6 Å². The second-order valence-corrected chi connectivity index (χ2v) is 15.3. The van der Waals surface area contributed by atoms with Crippen LogP contribution in [0.3, 0.4) is 0 Å². The SMILES string of the molecule is COC(=O)[C@@H]1Cc2ccc(OCCNC(=O)OC(C)(C)C)c(c2)-c2cc(ccc2OCCNC(=O)OC(C)(C)C)[C@H](N(C)C(=O)[C@H](C)N)C(=O)N[C@@H](C)C(=O)N1. The minimum atomic E-state index is -1.28.